The van der Waals surface area contributed by atoms with Gasteiger partial charge in [-0.05, 0) is 18.9 Å². The Labute approximate surface area is 148 Å². The van der Waals surface area contributed by atoms with Gasteiger partial charge in [0.05, 0.1) is 12.0 Å². The molecule has 1 aromatic rings. The molecule has 0 bridgehead atoms. The lowest BCUT2D eigenvalue weighted by Crippen LogP contribution is -2.50. The van der Waals surface area contributed by atoms with Crippen LogP contribution in [0.3, 0.4) is 0 Å². The summed E-state index contributed by atoms with van der Waals surface area (Å²) in [6, 6.07) is 1.81. The van der Waals surface area contributed by atoms with Crippen LogP contribution in [0.2, 0.25) is 0 Å². The summed E-state index contributed by atoms with van der Waals surface area (Å²) in [4.78, 5) is 24.0. The van der Waals surface area contributed by atoms with E-state index in [0.29, 0.717) is 25.6 Å². The van der Waals surface area contributed by atoms with Crippen LogP contribution in [0.15, 0.2) is 18.5 Å². The number of aliphatic hydroxyl groups excluding tert-OH is 1. The summed E-state index contributed by atoms with van der Waals surface area (Å²) in [5.74, 6) is 1.08. The molecule has 0 radical (unpaired) electrons. The van der Waals surface area contributed by atoms with E-state index in [-0.39, 0.29) is 23.8 Å². The zero-order chi connectivity index (χ0) is 17.3. The fourth-order valence-electron chi connectivity index (χ4n) is 4.81. The first-order chi connectivity index (χ1) is 12.2. The third kappa shape index (κ3) is 2.89. The zero-order valence-corrected chi connectivity index (χ0v) is 14.6. The summed E-state index contributed by atoms with van der Waals surface area (Å²) in [5, 5.41) is 16.4. The lowest BCUT2D eigenvalue weighted by atomic mass is 9.79. The summed E-state index contributed by atoms with van der Waals surface area (Å²) < 4.78 is 0. The van der Waals surface area contributed by atoms with E-state index in [1.54, 1.807) is 18.5 Å². The van der Waals surface area contributed by atoms with Crippen LogP contribution in [-0.4, -0.2) is 60.3 Å². The number of carbonyl (C=O) groups excluding carboxylic acids is 1. The lowest BCUT2D eigenvalue weighted by molar-refractivity contribution is -0.131. The Bertz CT molecular complexity index is 619. The Balaban J connectivity index is 1.46. The topological polar surface area (TPSA) is 90.4 Å². The number of carbonyl (C=O) groups is 1. The second-order valence-corrected chi connectivity index (χ2v) is 7.96. The molecule has 7 heteroatoms. The van der Waals surface area contributed by atoms with Crippen molar-refractivity contribution in [3.63, 3.8) is 0 Å². The smallest absolute Gasteiger partial charge is 0.229 e. The first-order valence-electron chi connectivity index (χ1n) is 9.29. The van der Waals surface area contributed by atoms with Gasteiger partial charge in [0.25, 0.3) is 0 Å². The SMILES string of the molecule is O=C(NCC1(CO)CCCC1)[C@]12CNC[C@H]1CN(c1ncccn1)C2. The van der Waals surface area contributed by atoms with E-state index in [4.69, 9.17) is 0 Å². The molecule has 1 amide bonds. The van der Waals surface area contributed by atoms with Crippen LogP contribution in [0.5, 0.6) is 0 Å². The average molecular weight is 345 g/mol. The van der Waals surface area contributed by atoms with Crippen molar-refractivity contribution < 1.29 is 9.90 Å². The fourth-order valence-corrected chi connectivity index (χ4v) is 4.81. The normalized spacial score (nSPS) is 30.4. The van der Waals surface area contributed by atoms with Crippen molar-refractivity contribution >= 4 is 11.9 Å². The Morgan fingerprint density at radius 2 is 2.12 bits per heavy atom. The summed E-state index contributed by atoms with van der Waals surface area (Å²) in [6.07, 6.45) is 7.78. The van der Waals surface area contributed by atoms with Gasteiger partial charge in [0.1, 0.15) is 0 Å². The van der Waals surface area contributed by atoms with Crippen molar-refractivity contribution in [2.75, 3.05) is 44.2 Å². The highest BCUT2D eigenvalue weighted by Crippen LogP contribution is 2.41. The maximum atomic E-state index is 13.1. The average Bonchev–Trinajstić information content (AvgIpc) is 3.35. The van der Waals surface area contributed by atoms with Crippen molar-refractivity contribution in [2.45, 2.75) is 25.7 Å². The van der Waals surface area contributed by atoms with Gasteiger partial charge in [-0.1, -0.05) is 12.8 Å². The van der Waals surface area contributed by atoms with Crippen molar-refractivity contribution in [2.24, 2.45) is 16.7 Å². The largest absolute Gasteiger partial charge is 0.396 e. The Morgan fingerprint density at radius 1 is 1.36 bits per heavy atom. The number of amides is 1. The summed E-state index contributed by atoms with van der Waals surface area (Å²) >= 11 is 0. The molecular formula is C18H27N5O2. The number of nitrogens with zero attached hydrogens (tertiary/aromatic N) is 3. The summed E-state index contributed by atoms with van der Waals surface area (Å²) in [6.45, 7) is 3.73. The molecule has 3 heterocycles. The fraction of sp³-hybridized carbons (Fsp3) is 0.722. The van der Waals surface area contributed by atoms with Crippen LogP contribution in [-0.2, 0) is 4.79 Å². The van der Waals surface area contributed by atoms with Crippen LogP contribution in [0, 0.1) is 16.7 Å². The van der Waals surface area contributed by atoms with Gasteiger partial charge in [-0.15, -0.1) is 0 Å². The van der Waals surface area contributed by atoms with Crippen LogP contribution in [0.25, 0.3) is 0 Å². The van der Waals surface area contributed by atoms with E-state index in [1.165, 1.54) is 0 Å². The Kier molecular flexibility index (Phi) is 4.37. The predicted octanol–water partition coefficient (Wildman–Crippen LogP) is 0.171. The van der Waals surface area contributed by atoms with Gasteiger partial charge in [-0.3, -0.25) is 4.79 Å². The molecule has 1 aliphatic carbocycles. The van der Waals surface area contributed by atoms with Gasteiger partial charge in [0.2, 0.25) is 11.9 Å². The van der Waals surface area contributed by atoms with E-state index < -0.39 is 5.41 Å². The van der Waals surface area contributed by atoms with Gasteiger partial charge >= 0.3 is 0 Å². The minimum absolute atomic E-state index is 0.112. The Morgan fingerprint density at radius 3 is 2.84 bits per heavy atom. The van der Waals surface area contributed by atoms with E-state index in [9.17, 15) is 9.90 Å². The number of anilines is 1. The van der Waals surface area contributed by atoms with Crippen LogP contribution in [0.4, 0.5) is 5.95 Å². The maximum Gasteiger partial charge on any atom is 0.229 e. The lowest BCUT2D eigenvalue weighted by Gasteiger charge is -2.31. The van der Waals surface area contributed by atoms with Gasteiger partial charge in [-0.2, -0.15) is 0 Å². The third-order valence-electron chi connectivity index (χ3n) is 6.44. The molecule has 0 unspecified atom stereocenters. The highest BCUT2D eigenvalue weighted by Gasteiger charge is 2.55. The zero-order valence-electron chi connectivity index (χ0n) is 14.6. The number of hydrogen-bond donors (Lipinski definition) is 3. The second kappa shape index (κ2) is 6.53. The molecule has 1 saturated carbocycles. The highest BCUT2D eigenvalue weighted by atomic mass is 16.3. The molecule has 136 valence electrons. The van der Waals surface area contributed by atoms with Crippen molar-refractivity contribution in [3.8, 4) is 0 Å². The van der Waals surface area contributed by atoms with Crippen LogP contribution >= 0.6 is 0 Å². The molecule has 25 heavy (non-hydrogen) atoms. The number of nitrogens with one attached hydrogen (secondary N) is 2. The molecule has 0 spiro atoms. The molecule has 0 aromatic carbocycles. The molecule has 3 fully saturated rings. The number of aliphatic hydroxyl groups is 1. The predicted molar refractivity (Wildman–Crippen MR) is 94.0 cm³/mol. The van der Waals surface area contributed by atoms with Gasteiger partial charge < -0.3 is 20.6 Å². The number of rotatable bonds is 5. The summed E-state index contributed by atoms with van der Waals surface area (Å²) in [5.41, 5.74) is -0.539. The standard InChI is InChI=1S/C18H27N5O2/c24-13-17(4-1-2-5-17)10-22-15(25)18-11-19-8-14(18)9-23(12-18)16-20-6-3-7-21-16/h3,6-7,14,19,24H,1-2,4-5,8-13H2,(H,22,25)/t14-,18-/m0/s1. The number of aromatic nitrogens is 2. The minimum Gasteiger partial charge on any atom is -0.396 e. The maximum absolute atomic E-state index is 13.1. The first kappa shape index (κ1) is 16.7. The van der Waals surface area contributed by atoms with Crippen molar-refractivity contribution in [1.82, 2.24) is 20.6 Å². The summed E-state index contributed by atoms with van der Waals surface area (Å²) in [7, 11) is 0. The van der Waals surface area contributed by atoms with Crippen molar-refractivity contribution in [1.29, 1.82) is 0 Å². The first-order valence-corrected chi connectivity index (χ1v) is 9.29. The number of hydrogen-bond acceptors (Lipinski definition) is 6. The molecule has 2 aliphatic heterocycles. The molecule has 2 atom stereocenters. The van der Waals surface area contributed by atoms with E-state index in [0.717, 1.165) is 38.8 Å². The highest BCUT2D eigenvalue weighted by molar-refractivity contribution is 5.85. The van der Waals surface area contributed by atoms with E-state index in [2.05, 4.69) is 25.5 Å². The molecule has 3 N–H and O–H groups in total. The Hall–Kier alpha value is -1.73. The third-order valence-corrected chi connectivity index (χ3v) is 6.44. The van der Waals surface area contributed by atoms with Crippen LogP contribution in [0.1, 0.15) is 25.7 Å². The van der Waals surface area contributed by atoms with Gasteiger partial charge in [0.15, 0.2) is 0 Å². The molecule has 3 aliphatic rings. The molecule has 2 saturated heterocycles. The second-order valence-electron chi connectivity index (χ2n) is 7.96. The van der Waals surface area contributed by atoms with Crippen molar-refractivity contribution in [3.05, 3.63) is 18.5 Å². The monoisotopic (exact) mass is 345 g/mol. The number of fused-ring (bicyclic) bond motifs is 1. The molecular weight excluding hydrogens is 318 g/mol. The van der Waals surface area contributed by atoms with Gasteiger partial charge in [-0.25, -0.2) is 9.97 Å². The van der Waals surface area contributed by atoms with Gasteiger partial charge in [0, 0.05) is 56.5 Å². The van der Waals surface area contributed by atoms with E-state index >= 15 is 0 Å². The molecule has 4 rings (SSSR count). The minimum atomic E-state index is -0.422. The van der Waals surface area contributed by atoms with E-state index in [1.807, 2.05) is 0 Å². The molecule has 7 nitrogen and oxygen atoms in total. The quantitative estimate of drug-likeness (QED) is 0.705. The van der Waals surface area contributed by atoms with Crippen LogP contribution < -0.4 is 15.5 Å². The molecule has 1 aromatic heterocycles.